The lowest BCUT2D eigenvalue weighted by atomic mass is 10.2. The predicted octanol–water partition coefficient (Wildman–Crippen LogP) is 2.75. The van der Waals surface area contributed by atoms with Crippen molar-refractivity contribution in [3.63, 3.8) is 0 Å². The van der Waals surface area contributed by atoms with E-state index in [1.165, 1.54) is 9.13 Å². The lowest BCUT2D eigenvalue weighted by Gasteiger charge is -2.15. The Morgan fingerprint density at radius 3 is 2.45 bits per heavy atom. The number of benzene rings is 2. The van der Waals surface area contributed by atoms with Gasteiger partial charge in [0.05, 0.1) is 6.54 Å². The van der Waals surface area contributed by atoms with Gasteiger partial charge in [-0.1, -0.05) is 41.9 Å². The Labute approximate surface area is 171 Å². The van der Waals surface area contributed by atoms with Crippen molar-refractivity contribution in [3.8, 4) is 0 Å². The molecule has 8 heteroatoms. The minimum absolute atomic E-state index is 0.226. The first-order valence-electron chi connectivity index (χ1n) is 9.31. The largest absolute Gasteiger partial charge is 0.332 e. The van der Waals surface area contributed by atoms with Gasteiger partial charge in [-0.05, 0) is 29.8 Å². The van der Waals surface area contributed by atoms with Gasteiger partial charge in [-0.15, -0.1) is 0 Å². The Morgan fingerprint density at radius 2 is 1.72 bits per heavy atom. The summed E-state index contributed by atoms with van der Waals surface area (Å²) < 4.78 is 4.62. The Hall–Kier alpha value is -3.32. The van der Waals surface area contributed by atoms with Gasteiger partial charge in [-0.2, -0.15) is 4.98 Å². The molecule has 0 unspecified atom stereocenters. The minimum Gasteiger partial charge on any atom is -0.310 e. The second kappa shape index (κ2) is 6.63. The molecule has 0 aliphatic carbocycles. The average molecular weight is 408 g/mol. The lowest BCUT2D eigenvalue weighted by molar-refractivity contribution is 0.652. The van der Waals surface area contributed by atoms with Crippen LogP contribution in [-0.2, 0) is 20.1 Å². The van der Waals surface area contributed by atoms with Crippen molar-refractivity contribution in [3.05, 3.63) is 86.0 Å². The predicted molar refractivity (Wildman–Crippen MR) is 113 cm³/mol. The summed E-state index contributed by atoms with van der Waals surface area (Å²) in [5.74, 6) is 0.659. The molecule has 1 aliphatic rings. The minimum atomic E-state index is -0.374. The fourth-order valence-corrected chi connectivity index (χ4v) is 3.97. The quantitative estimate of drug-likeness (QED) is 0.524. The van der Waals surface area contributed by atoms with Crippen LogP contribution in [0.3, 0.4) is 0 Å². The molecule has 7 nitrogen and oxygen atoms in total. The van der Waals surface area contributed by atoms with Gasteiger partial charge in [0, 0.05) is 30.8 Å². The monoisotopic (exact) mass is 407 g/mol. The molecule has 29 heavy (non-hydrogen) atoms. The molecular weight excluding hydrogens is 390 g/mol. The molecule has 0 atom stereocenters. The average Bonchev–Trinajstić information content (AvgIpc) is 3.30. The zero-order valence-corrected chi connectivity index (χ0v) is 16.5. The number of hydrogen-bond acceptors (Lipinski definition) is 4. The van der Waals surface area contributed by atoms with Crippen LogP contribution in [0.15, 0.2) is 64.2 Å². The van der Waals surface area contributed by atoms with Crippen LogP contribution in [0.25, 0.3) is 11.2 Å². The summed E-state index contributed by atoms with van der Waals surface area (Å²) in [5, 5.41) is 0.660. The molecule has 146 valence electrons. The van der Waals surface area contributed by atoms with E-state index in [-0.39, 0.29) is 17.8 Å². The van der Waals surface area contributed by atoms with E-state index >= 15 is 0 Å². The number of imidazole rings is 1. The van der Waals surface area contributed by atoms with Gasteiger partial charge < -0.3 is 9.47 Å². The van der Waals surface area contributed by atoms with E-state index in [1.54, 1.807) is 7.05 Å². The smallest absolute Gasteiger partial charge is 0.310 e. The number of nitrogens with zero attached hydrogens (tertiary/aromatic N) is 5. The van der Waals surface area contributed by atoms with E-state index in [2.05, 4.69) is 4.98 Å². The van der Waals surface area contributed by atoms with E-state index < -0.39 is 0 Å². The van der Waals surface area contributed by atoms with E-state index in [0.717, 1.165) is 11.3 Å². The highest BCUT2D eigenvalue weighted by Gasteiger charge is 2.28. The highest BCUT2D eigenvalue weighted by Crippen LogP contribution is 2.32. The number of aromatic nitrogens is 4. The van der Waals surface area contributed by atoms with E-state index in [9.17, 15) is 9.59 Å². The summed E-state index contributed by atoms with van der Waals surface area (Å²) >= 11 is 6.00. The van der Waals surface area contributed by atoms with Crippen LogP contribution >= 0.6 is 11.6 Å². The highest BCUT2D eigenvalue weighted by atomic mass is 35.5. The molecular formula is C21H18ClN5O2. The first kappa shape index (κ1) is 17.8. The van der Waals surface area contributed by atoms with Gasteiger partial charge in [0.2, 0.25) is 5.95 Å². The second-order valence-electron chi connectivity index (χ2n) is 7.08. The third kappa shape index (κ3) is 2.77. The molecule has 0 radical (unpaired) electrons. The third-order valence-corrected chi connectivity index (χ3v) is 5.57. The van der Waals surface area contributed by atoms with Crippen LogP contribution in [-0.4, -0.2) is 25.2 Å². The van der Waals surface area contributed by atoms with Crippen LogP contribution < -0.4 is 16.1 Å². The fourth-order valence-electron chi connectivity index (χ4n) is 3.85. The van der Waals surface area contributed by atoms with Crippen LogP contribution in [0, 0.1) is 0 Å². The zero-order valence-electron chi connectivity index (χ0n) is 15.7. The standard InChI is InChI=1S/C21H18ClN5O2/c1-24-18-17(19(28)27(21(24)29)13-14-5-3-2-4-6-14)26-12-11-25(20(26)23-18)16-9-7-15(22)8-10-16/h2-10H,11-13H2,1H3. The lowest BCUT2D eigenvalue weighted by Crippen LogP contribution is -2.40. The fraction of sp³-hybridized carbons (Fsp3) is 0.190. The molecule has 0 saturated carbocycles. The van der Waals surface area contributed by atoms with Gasteiger partial charge in [0.1, 0.15) is 0 Å². The highest BCUT2D eigenvalue weighted by molar-refractivity contribution is 6.30. The van der Waals surface area contributed by atoms with Crippen molar-refractivity contribution in [2.75, 3.05) is 11.4 Å². The topological polar surface area (TPSA) is 65.1 Å². The Morgan fingerprint density at radius 1 is 1.00 bits per heavy atom. The molecule has 0 saturated heterocycles. The molecule has 2 aromatic heterocycles. The zero-order chi connectivity index (χ0) is 20.1. The summed E-state index contributed by atoms with van der Waals surface area (Å²) in [6.07, 6.45) is 0. The Kier molecular flexibility index (Phi) is 4.06. The molecule has 0 amide bonds. The number of anilines is 2. The van der Waals surface area contributed by atoms with Crippen molar-refractivity contribution < 1.29 is 0 Å². The van der Waals surface area contributed by atoms with Crippen LogP contribution in [0.2, 0.25) is 5.02 Å². The van der Waals surface area contributed by atoms with Gasteiger partial charge in [0.25, 0.3) is 5.56 Å². The summed E-state index contributed by atoms with van der Waals surface area (Å²) in [5.41, 5.74) is 2.00. The molecule has 5 rings (SSSR count). The molecule has 0 fully saturated rings. The Balaban J connectivity index is 1.68. The maximum atomic E-state index is 13.3. The number of rotatable bonds is 3. The van der Waals surface area contributed by atoms with Crippen LogP contribution in [0.1, 0.15) is 5.56 Å². The Bertz CT molecular complexity index is 1340. The van der Waals surface area contributed by atoms with E-state index in [1.807, 2.05) is 64.1 Å². The van der Waals surface area contributed by atoms with Gasteiger partial charge in [0.15, 0.2) is 11.2 Å². The van der Waals surface area contributed by atoms with Crippen molar-refractivity contribution >= 4 is 34.4 Å². The van der Waals surface area contributed by atoms with E-state index in [4.69, 9.17) is 11.6 Å². The van der Waals surface area contributed by atoms with Gasteiger partial charge >= 0.3 is 5.69 Å². The van der Waals surface area contributed by atoms with Crippen molar-refractivity contribution in [2.24, 2.45) is 7.05 Å². The summed E-state index contributed by atoms with van der Waals surface area (Å²) in [7, 11) is 1.65. The second-order valence-corrected chi connectivity index (χ2v) is 7.52. The summed E-state index contributed by atoms with van der Waals surface area (Å²) in [6, 6.07) is 17.0. The summed E-state index contributed by atoms with van der Waals surface area (Å²) in [4.78, 5) is 32.8. The molecule has 3 heterocycles. The van der Waals surface area contributed by atoms with Crippen LogP contribution in [0.4, 0.5) is 11.6 Å². The normalized spacial score (nSPS) is 13.2. The molecule has 0 spiro atoms. The van der Waals surface area contributed by atoms with Crippen LogP contribution in [0.5, 0.6) is 0 Å². The van der Waals surface area contributed by atoms with Crippen molar-refractivity contribution in [2.45, 2.75) is 13.1 Å². The van der Waals surface area contributed by atoms with Gasteiger partial charge in [-0.3, -0.25) is 13.9 Å². The maximum absolute atomic E-state index is 13.3. The van der Waals surface area contributed by atoms with Crippen molar-refractivity contribution in [1.29, 1.82) is 0 Å². The SMILES string of the molecule is Cn1c(=O)n(Cc2ccccc2)c(=O)c2c1nc1n2CCN1c1ccc(Cl)cc1. The number of fused-ring (bicyclic) bond motifs is 3. The molecule has 2 aromatic carbocycles. The first-order valence-corrected chi connectivity index (χ1v) is 9.69. The van der Waals surface area contributed by atoms with E-state index in [0.29, 0.717) is 35.2 Å². The summed E-state index contributed by atoms with van der Waals surface area (Å²) in [6.45, 7) is 1.54. The molecule has 0 N–H and O–H groups in total. The number of halogens is 1. The third-order valence-electron chi connectivity index (χ3n) is 5.32. The maximum Gasteiger partial charge on any atom is 0.332 e. The molecule has 4 aromatic rings. The number of aryl methyl sites for hydroxylation is 1. The van der Waals surface area contributed by atoms with Gasteiger partial charge in [-0.25, -0.2) is 4.79 Å². The molecule has 0 bridgehead atoms. The first-order chi connectivity index (χ1) is 14.0. The molecule has 1 aliphatic heterocycles. The number of hydrogen-bond donors (Lipinski definition) is 0. The van der Waals surface area contributed by atoms with Crippen molar-refractivity contribution in [1.82, 2.24) is 18.7 Å².